The largest absolute Gasteiger partial charge is 0.472 e. The molecule has 2 unspecified atom stereocenters. The first-order valence-corrected chi connectivity index (χ1v) is 6.04. The van der Waals surface area contributed by atoms with Crippen molar-refractivity contribution in [1.82, 2.24) is 5.32 Å². The Labute approximate surface area is 103 Å². The molecule has 0 bridgehead atoms. The lowest BCUT2D eigenvalue weighted by molar-refractivity contribution is 0.407. The van der Waals surface area contributed by atoms with Crippen LogP contribution in [0, 0.1) is 5.92 Å². The number of furan rings is 1. The first-order valence-electron chi connectivity index (χ1n) is 6.04. The van der Waals surface area contributed by atoms with E-state index in [2.05, 4.69) is 42.6 Å². The van der Waals surface area contributed by atoms with Crippen molar-refractivity contribution in [2.45, 2.75) is 19.4 Å². The van der Waals surface area contributed by atoms with Crippen molar-refractivity contribution in [3.05, 3.63) is 60.1 Å². The van der Waals surface area contributed by atoms with Gasteiger partial charge in [0, 0.05) is 6.04 Å². The normalized spacial score (nSPS) is 14.5. The van der Waals surface area contributed by atoms with Crippen molar-refractivity contribution < 1.29 is 4.42 Å². The van der Waals surface area contributed by atoms with E-state index in [1.165, 1.54) is 11.1 Å². The fraction of sp³-hybridized carbons (Fsp3) is 0.333. The molecule has 0 fully saturated rings. The maximum atomic E-state index is 5.11. The lowest BCUT2D eigenvalue weighted by atomic mass is 9.90. The summed E-state index contributed by atoms with van der Waals surface area (Å²) < 4.78 is 5.11. The van der Waals surface area contributed by atoms with Crippen molar-refractivity contribution in [3.63, 3.8) is 0 Å². The number of rotatable bonds is 5. The van der Waals surface area contributed by atoms with Gasteiger partial charge in [0.1, 0.15) is 0 Å². The minimum absolute atomic E-state index is 0.381. The molecule has 0 aliphatic heterocycles. The summed E-state index contributed by atoms with van der Waals surface area (Å²) in [6.07, 6.45) is 4.59. The Hall–Kier alpha value is -1.54. The Morgan fingerprint density at radius 3 is 2.53 bits per heavy atom. The number of hydrogen-bond acceptors (Lipinski definition) is 2. The summed E-state index contributed by atoms with van der Waals surface area (Å²) in [6, 6.07) is 13.0. The second-order valence-electron chi connectivity index (χ2n) is 4.49. The van der Waals surface area contributed by atoms with Crippen LogP contribution in [0.15, 0.2) is 53.3 Å². The van der Waals surface area contributed by atoms with Crippen molar-refractivity contribution >= 4 is 0 Å². The van der Waals surface area contributed by atoms with Gasteiger partial charge >= 0.3 is 0 Å². The van der Waals surface area contributed by atoms with E-state index in [0.717, 1.165) is 6.42 Å². The standard InChI is InChI=1S/C15H19NO/c1-12(10-13-8-9-17-11-13)15(16-2)14-6-4-3-5-7-14/h3-9,11-12,15-16H,10H2,1-2H3. The van der Waals surface area contributed by atoms with Gasteiger partial charge in [0.05, 0.1) is 12.5 Å². The van der Waals surface area contributed by atoms with Gasteiger partial charge in [-0.2, -0.15) is 0 Å². The molecule has 2 nitrogen and oxygen atoms in total. The molecule has 0 aliphatic carbocycles. The van der Waals surface area contributed by atoms with Crippen LogP contribution in [-0.2, 0) is 6.42 Å². The second-order valence-corrected chi connectivity index (χ2v) is 4.49. The topological polar surface area (TPSA) is 25.2 Å². The third-order valence-corrected chi connectivity index (χ3v) is 3.18. The molecule has 1 heterocycles. The lowest BCUT2D eigenvalue weighted by Crippen LogP contribution is -2.24. The zero-order valence-corrected chi connectivity index (χ0v) is 10.4. The molecular weight excluding hydrogens is 210 g/mol. The molecule has 90 valence electrons. The Kier molecular flexibility index (Phi) is 3.99. The fourth-order valence-electron chi connectivity index (χ4n) is 2.34. The van der Waals surface area contributed by atoms with E-state index in [1.807, 2.05) is 19.4 Å². The molecule has 2 heteroatoms. The van der Waals surface area contributed by atoms with Gasteiger partial charge in [-0.3, -0.25) is 0 Å². The highest BCUT2D eigenvalue weighted by Crippen LogP contribution is 2.24. The van der Waals surface area contributed by atoms with Crippen LogP contribution in [0.1, 0.15) is 24.1 Å². The summed E-state index contributed by atoms with van der Waals surface area (Å²) in [7, 11) is 2.02. The molecule has 0 amide bonds. The molecular formula is C15H19NO. The number of benzene rings is 1. The highest BCUT2D eigenvalue weighted by molar-refractivity contribution is 5.20. The number of hydrogen-bond donors (Lipinski definition) is 1. The zero-order valence-electron chi connectivity index (χ0n) is 10.4. The van der Waals surface area contributed by atoms with Gasteiger partial charge in [-0.25, -0.2) is 0 Å². The summed E-state index contributed by atoms with van der Waals surface area (Å²) in [4.78, 5) is 0. The van der Waals surface area contributed by atoms with Crippen LogP contribution < -0.4 is 5.32 Å². The molecule has 17 heavy (non-hydrogen) atoms. The average Bonchev–Trinajstić information content (AvgIpc) is 2.84. The van der Waals surface area contributed by atoms with Gasteiger partial charge in [0.2, 0.25) is 0 Å². The Morgan fingerprint density at radius 2 is 1.94 bits per heavy atom. The molecule has 1 aromatic carbocycles. The third-order valence-electron chi connectivity index (χ3n) is 3.18. The van der Waals surface area contributed by atoms with Crippen LogP contribution >= 0.6 is 0 Å². The van der Waals surface area contributed by atoms with E-state index in [9.17, 15) is 0 Å². The van der Waals surface area contributed by atoms with Gasteiger partial charge in [0.15, 0.2) is 0 Å². The van der Waals surface area contributed by atoms with E-state index in [4.69, 9.17) is 4.42 Å². The first-order chi connectivity index (χ1) is 8.31. The molecule has 1 aromatic heterocycles. The fourth-order valence-corrected chi connectivity index (χ4v) is 2.34. The zero-order chi connectivity index (χ0) is 12.1. The molecule has 1 N–H and O–H groups in total. The summed E-state index contributed by atoms with van der Waals surface area (Å²) in [5, 5.41) is 3.40. The van der Waals surface area contributed by atoms with E-state index >= 15 is 0 Å². The Balaban J connectivity index is 2.08. The van der Waals surface area contributed by atoms with Gasteiger partial charge in [0.25, 0.3) is 0 Å². The summed E-state index contributed by atoms with van der Waals surface area (Å²) in [5.74, 6) is 0.528. The molecule has 2 aromatic rings. The van der Waals surface area contributed by atoms with Crippen LogP contribution in [0.2, 0.25) is 0 Å². The maximum Gasteiger partial charge on any atom is 0.0934 e. The average molecular weight is 229 g/mol. The molecule has 2 atom stereocenters. The van der Waals surface area contributed by atoms with Crippen molar-refractivity contribution in [2.24, 2.45) is 5.92 Å². The van der Waals surface area contributed by atoms with E-state index in [0.29, 0.717) is 12.0 Å². The number of nitrogens with one attached hydrogen (secondary N) is 1. The van der Waals surface area contributed by atoms with Crippen LogP contribution in [0.3, 0.4) is 0 Å². The van der Waals surface area contributed by atoms with Gasteiger partial charge in [-0.1, -0.05) is 37.3 Å². The summed E-state index contributed by atoms with van der Waals surface area (Å²) in [6.45, 7) is 2.27. The monoisotopic (exact) mass is 229 g/mol. The Morgan fingerprint density at radius 1 is 1.18 bits per heavy atom. The smallest absolute Gasteiger partial charge is 0.0934 e. The van der Waals surface area contributed by atoms with E-state index in [-0.39, 0.29) is 0 Å². The summed E-state index contributed by atoms with van der Waals surface area (Å²) in [5.41, 5.74) is 2.60. The summed E-state index contributed by atoms with van der Waals surface area (Å²) >= 11 is 0. The highest BCUT2D eigenvalue weighted by Gasteiger charge is 2.17. The maximum absolute atomic E-state index is 5.11. The Bertz CT molecular complexity index is 421. The van der Waals surface area contributed by atoms with Crippen LogP contribution in [0.5, 0.6) is 0 Å². The molecule has 0 saturated carbocycles. The highest BCUT2D eigenvalue weighted by atomic mass is 16.3. The predicted molar refractivity (Wildman–Crippen MR) is 69.8 cm³/mol. The minimum atomic E-state index is 0.381. The van der Waals surface area contributed by atoms with Gasteiger partial charge in [-0.15, -0.1) is 0 Å². The third kappa shape index (κ3) is 2.98. The van der Waals surface area contributed by atoms with E-state index in [1.54, 1.807) is 6.26 Å². The molecule has 0 radical (unpaired) electrons. The van der Waals surface area contributed by atoms with E-state index < -0.39 is 0 Å². The van der Waals surface area contributed by atoms with Gasteiger partial charge < -0.3 is 9.73 Å². The van der Waals surface area contributed by atoms with Crippen molar-refractivity contribution in [3.8, 4) is 0 Å². The van der Waals surface area contributed by atoms with Crippen LogP contribution in [0.4, 0.5) is 0 Å². The molecule has 0 saturated heterocycles. The van der Waals surface area contributed by atoms with Gasteiger partial charge in [-0.05, 0) is 36.6 Å². The molecule has 0 spiro atoms. The molecule has 2 rings (SSSR count). The van der Waals surface area contributed by atoms with Crippen molar-refractivity contribution in [2.75, 3.05) is 7.05 Å². The quantitative estimate of drug-likeness (QED) is 0.849. The molecule has 0 aliphatic rings. The minimum Gasteiger partial charge on any atom is -0.472 e. The van der Waals surface area contributed by atoms with Crippen LogP contribution in [0.25, 0.3) is 0 Å². The van der Waals surface area contributed by atoms with Crippen molar-refractivity contribution in [1.29, 1.82) is 0 Å². The van der Waals surface area contributed by atoms with Crippen LogP contribution in [-0.4, -0.2) is 7.05 Å². The first kappa shape index (κ1) is 11.9. The predicted octanol–water partition coefficient (Wildman–Crippen LogP) is 3.42. The SMILES string of the molecule is CNC(c1ccccc1)C(C)Cc1ccoc1. The second kappa shape index (κ2) is 5.69. The lowest BCUT2D eigenvalue weighted by Gasteiger charge is -2.23.